The van der Waals surface area contributed by atoms with E-state index in [0.29, 0.717) is 0 Å². The number of hydrogen-bond acceptors (Lipinski definition) is 4. The third kappa shape index (κ3) is 5.35. The molecule has 3 nitrogen and oxygen atoms in total. The van der Waals surface area contributed by atoms with Crippen LogP contribution in [0.5, 0.6) is 23.0 Å². The lowest BCUT2D eigenvalue weighted by molar-refractivity contribution is 0.436. The molecule has 0 saturated heterocycles. The van der Waals surface area contributed by atoms with Gasteiger partial charge in [0.15, 0.2) is 0 Å². The summed E-state index contributed by atoms with van der Waals surface area (Å²) in [5, 5.41) is 0. The number of benzene rings is 12. The Balaban J connectivity index is 0.936. The van der Waals surface area contributed by atoms with Crippen LogP contribution in [-0.4, -0.2) is 0 Å². The van der Waals surface area contributed by atoms with Gasteiger partial charge in [-0.2, -0.15) is 0 Å². The van der Waals surface area contributed by atoms with E-state index in [-0.39, 0.29) is 0 Å². The summed E-state index contributed by atoms with van der Waals surface area (Å²) in [4.78, 5) is 5.16. The number of rotatable bonds is 3. The third-order valence-electron chi connectivity index (χ3n) is 18.3. The normalized spacial score (nSPS) is 15.3. The van der Waals surface area contributed by atoms with Crippen LogP contribution >= 0.6 is 11.8 Å². The first-order chi connectivity index (χ1) is 39.2. The van der Waals surface area contributed by atoms with E-state index in [9.17, 15) is 0 Å². The summed E-state index contributed by atoms with van der Waals surface area (Å²) in [6.45, 7) is 0. The highest BCUT2D eigenvalue weighted by atomic mass is 32.2. The summed E-state index contributed by atoms with van der Waals surface area (Å²) in [5.41, 5.74) is 23.7. The number of nitrogens with zero attached hydrogens (tertiary/aromatic N) is 1. The van der Waals surface area contributed by atoms with Crippen molar-refractivity contribution < 1.29 is 9.47 Å². The fraction of sp³-hybridized carbons (Fsp3) is 0.0400. The van der Waals surface area contributed by atoms with Gasteiger partial charge in [-0.1, -0.05) is 218 Å². The summed E-state index contributed by atoms with van der Waals surface area (Å²) in [5.74, 6) is 3.53. The van der Waals surface area contributed by atoms with Gasteiger partial charge in [0.2, 0.25) is 0 Å². The quantitative estimate of drug-likeness (QED) is 0.176. The molecule has 18 rings (SSSR count). The number of anilines is 3. The minimum Gasteiger partial charge on any atom is -0.457 e. The molecule has 0 N–H and O–H groups in total. The molecule has 0 atom stereocenters. The molecule has 3 heterocycles. The summed E-state index contributed by atoms with van der Waals surface area (Å²) >= 11 is 1.88. The first-order valence-electron chi connectivity index (χ1n) is 27.3. The first-order valence-corrected chi connectivity index (χ1v) is 28.1. The largest absolute Gasteiger partial charge is 0.457 e. The smallest absolute Gasteiger partial charge is 0.132 e. The number of para-hydroxylation sites is 4. The van der Waals surface area contributed by atoms with Crippen molar-refractivity contribution in [3.63, 3.8) is 0 Å². The molecule has 79 heavy (non-hydrogen) atoms. The number of ether oxygens (including phenoxy) is 2. The lowest BCUT2D eigenvalue weighted by Gasteiger charge is -2.40. The second-order valence-corrected chi connectivity index (χ2v) is 22.7. The van der Waals surface area contributed by atoms with Crippen LogP contribution < -0.4 is 14.4 Å². The lowest BCUT2D eigenvalue weighted by Crippen LogP contribution is -2.32. The van der Waals surface area contributed by atoms with Gasteiger partial charge in [0, 0.05) is 49.0 Å². The number of fused-ring (bicyclic) bond motifs is 27. The average Bonchev–Trinajstić information content (AvgIpc) is 3.01. The molecule has 3 aliphatic carbocycles. The molecule has 0 radical (unpaired) electrons. The molecule has 6 aliphatic rings. The topological polar surface area (TPSA) is 21.7 Å². The molecular formula is C75H45NO2S. The van der Waals surface area contributed by atoms with Crippen molar-refractivity contribution in [1.29, 1.82) is 0 Å². The summed E-state index contributed by atoms with van der Waals surface area (Å²) in [6.07, 6.45) is 0. The highest BCUT2D eigenvalue weighted by Gasteiger charge is 2.55. The van der Waals surface area contributed by atoms with Gasteiger partial charge in [0.05, 0.1) is 21.9 Å². The van der Waals surface area contributed by atoms with Gasteiger partial charge in [0.25, 0.3) is 0 Å². The highest BCUT2D eigenvalue weighted by Crippen LogP contribution is 2.67. The Kier molecular flexibility index (Phi) is 8.67. The highest BCUT2D eigenvalue weighted by molar-refractivity contribution is 7.99. The molecule has 0 unspecified atom stereocenters. The summed E-state index contributed by atoms with van der Waals surface area (Å²) < 4.78 is 13.6. The standard InChI is InChI=1S/C75H45NO2S/c1-4-23-53-48(20-1)51-44-46(40-42-56(51)73(53)58-26-7-13-34-66(58)77-67-35-14-8-27-59(67)73)76(47-41-43-57-52(45-47)49-21-2-5-24-54(49)74(57)62-30-11-17-38-70(62)79-71-39-18-12-31-63(71)74)65-33-19-32-64-72(65)50-22-3-6-25-55(50)75(64)60-28-9-15-36-68(60)78-69-37-16-10-29-61(69)75/h1-45H. The predicted molar refractivity (Wildman–Crippen MR) is 317 cm³/mol. The zero-order chi connectivity index (χ0) is 51.6. The van der Waals surface area contributed by atoms with Crippen molar-refractivity contribution >= 4 is 28.8 Å². The first kappa shape index (κ1) is 43.5. The van der Waals surface area contributed by atoms with Gasteiger partial charge >= 0.3 is 0 Å². The fourth-order valence-electron chi connectivity index (χ4n) is 15.5. The molecule has 12 aromatic carbocycles. The monoisotopic (exact) mass is 1020 g/mol. The zero-order valence-corrected chi connectivity index (χ0v) is 43.5. The molecule has 0 bridgehead atoms. The van der Waals surface area contributed by atoms with Crippen molar-refractivity contribution in [3.05, 3.63) is 340 Å². The zero-order valence-electron chi connectivity index (χ0n) is 42.7. The Morgan fingerprint density at radius 1 is 0.253 bits per heavy atom. The van der Waals surface area contributed by atoms with E-state index in [1.807, 2.05) is 11.8 Å². The van der Waals surface area contributed by atoms with Gasteiger partial charge in [0.1, 0.15) is 23.0 Å². The van der Waals surface area contributed by atoms with Gasteiger partial charge in [-0.15, -0.1) is 0 Å². The lowest BCUT2D eigenvalue weighted by atomic mass is 9.66. The molecule has 0 amide bonds. The van der Waals surface area contributed by atoms with Crippen LogP contribution in [0, 0.1) is 0 Å². The van der Waals surface area contributed by atoms with Gasteiger partial charge < -0.3 is 14.4 Å². The predicted octanol–water partition coefficient (Wildman–Crippen LogP) is 18.9. The Labute approximate surface area is 462 Å². The van der Waals surface area contributed by atoms with E-state index in [1.54, 1.807) is 0 Å². The van der Waals surface area contributed by atoms with E-state index in [1.165, 1.54) is 87.7 Å². The molecular weight excluding hydrogens is 979 g/mol. The Hall–Kier alpha value is -9.61. The molecule has 368 valence electrons. The van der Waals surface area contributed by atoms with E-state index >= 15 is 0 Å². The second-order valence-electron chi connectivity index (χ2n) is 21.7. The van der Waals surface area contributed by atoms with Crippen molar-refractivity contribution in [3.8, 4) is 56.4 Å². The van der Waals surface area contributed by atoms with Gasteiger partial charge in [-0.05, 0) is 139 Å². The Bertz CT molecular complexity index is 4310. The van der Waals surface area contributed by atoms with Crippen molar-refractivity contribution in [1.82, 2.24) is 0 Å². The SMILES string of the molecule is c1ccc2c(c1)Oc1ccccc1C21c2ccccc2-c2cc(N(c3ccc4c(c3)-c3ccccc3C43c4ccccc4Sc4ccccc43)c3cccc4c3-c3ccccc3C43c4ccccc4Oc4ccccc43)ccc21. The minimum atomic E-state index is -0.644. The second kappa shape index (κ2) is 15.8. The van der Waals surface area contributed by atoms with Crippen LogP contribution in [-0.2, 0) is 16.2 Å². The molecule has 3 aliphatic heterocycles. The molecule has 0 fully saturated rings. The third-order valence-corrected chi connectivity index (χ3v) is 19.4. The Morgan fingerprint density at radius 2 is 0.582 bits per heavy atom. The number of hydrogen-bond donors (Lipinski definition) is 0. The van der Waals surface area contributed by atoms with Crippen molar-refractivity contribution in [2.24, 2.45) is 0 Å². The maximum atomic E-state index is 6.82. The Morgan fingerprint density at radius 3 is 1.05 bits per heavy atom. The van der Waals surface area contributed by atoms with Gasteiger partial charge in [-0.3, -0.25) is 0 Å². The molecule has 3 spiro atoms. The molecule has 0 saturated carbocycles. The van der Waals surface area contributed by atoms with Crippen LogP contribution in [0.1, 0.15) is 66.8 Å². The van der Waals surface area contributed by atoms with E-state index in [0.717, 1.165) is 62.3 Å². The minimum absolute atomic E-state index is 0.501. The van der Waals surface area contributed by atoms with Crippen molar-refractivity contribution in [2.75, 3.05) is 4.90 Å². The van der Waals surface area contributed by atoms with E-state index in [4.69, 9.17) is 9.47 Å². The van der Waals surface area contributed by atoms with Crippen LogP contribution in [0.2, 0.25) is 0 Å². The maximum absolute atomic E-state index is 6.82. The van der Waals surface area contributed by atoms with Gasteiger partial charge in [-0.25, -0.2) is 0 Å². The van der Waals surface area contributed by atoms with Crippen LogP contribution in [0.3, 0.4) is 0 Å². The van der Waals surface area contributed by atoms with Crippen LogP contribution in [0.15, 0.2) is 283 Å². The van der Waals surface area contributed by atoms with E-state index < -0.39 is 16.2 Å². The molecule has 12 aromatic rings. The summed E-state index contributed by atoms with van der Waals surface area (Å²) in [6, 6.07) is 102. The van der Waals surface area contributed by atoms with Crippen molar-refractivity contribution in [2.45, 2.75) is 26.0 Å². The van der Waals surface area contributed by atoms with Crippen LogP contribution in [0.25, 0.3) is 33.4 Å². The maximum Gasteiger partial charge on any atom is 0.132 e. The fourth-order valence-corrected chi connectivity index (χ4v) is 16.7. The molecule has 0 aromatic heterocycles. The van der Waals surface area contributed by atoms with Crippen LogP contribution in [0.4, 0.5) is 17.1 Å². The average molecular weight is 1020 g/mol. The van der Waals surface area contributed by atoms with E-state index in [2.05, 4.69) is 278 Å². The summed E-state index contributed by atoms with van der Waals surface area (Å²) in [7, 11) is 0. The molecule has 4 heteroatoms.